The summed E-state index contributed by atoms with van der Waals surface area (Å²) in [4.78, 5) is 14.5. The molecule has 0 atom stereocenters. The van der Waals surface area contributed by atoms with Crippen LogP contribution >= 0.6 is 11.8 Å². The fourth-order valence-electron chi connectivity index (χ4n) is 1.76. The summed E-state index contributed by atoms with van der Waals surface area (Å²) in [5, 5.41) is 20.3. The van der Waals surface area contributed by atoms with Crippen LogP contribution in [0.3, 0.4) is 0 Å². The van der Waals surface area contributed by atoms with Gasteiger partial charge in [-0.2, -0.15) is 10.5 Å². The number of amides is 1. The number of nitriles is 2. The topological polar surface area (TPSA) is 117 Å². The Kier molecular flexibility index (Phi) is 5.30. The molecule has 0 aliphatic carbocycles. The number of carbonyl (C=O) groups is 1. The van der Waals surface area contributed by atoms with Crippen LogP contribution < -0.4 is 16.0 Å². The number of anilines is 2. The molecular formula is C15H10F2N5OS+. The number of nitrogens with two attached hydrogens (primary N) is 1. The molecule has 0 spiro atoms. The largest absolute Gasteiger partial charge is 0.320 e. The van der Waals surface area contributed by atoms with Crippen LogP contribution in [0, 0.1) is 34.3 Å². The minimum atomic E-state index is -0.889. The van der Waals surface area contributed by atoms with Crippen LogP contribution in [-0.2, 0) is 4.79 Å². The molecule has 9 heteroatoms. The molecule has 0 fully saturated rings. The number of nitrogen functional groups attached to an aromatic ring is 1. The second-order valence-electron chi connectivity index (χ2n) is 4.50. The van der Waals surface area contributed by atoms with E-state index in [0.29, 0.717) is 0 Å². The third-order valence-electron chi connectivity index (χ3n) is 2.89. The van der Waals surface area contributed by atoms with Crippen molar-refractivity contribution >= 4 is 29.2 Å². The zero-order valence-electron chi connectivity index (χ0n) is 12.1. The second-order valence-corrected chi connectivity index (χ2v) is 5.48. The van der Waals surface area contributed by atoms with Crippen molar-refractivity contribution in [2.24, 2.45) is 0 Å². The smallest absolute Gasteiger partial charge is 0.289 e. The molecule has 0 radical (unpaired) electrons. The van der Waals surface area contributed by atoms with Gasteiger partial charge < -0.3 is 5.32 Å². The van der Waals surface area contributed by atoms with Crippen LogP contribution in [0.15, 0.2) is 29.3 Å². The first-order valence-corrected chi connectivity index (χ1v) is 7.47. The lowest BCUT2D eigenvalue weighted by atomic mass is 10.2. The first-order chi connectivity index (χ1) is 11.5. The Morgan fingerprint density at radius 1 is 1.25 bits per heavy atom. The number of para-hydroxylation sites is 1. The Morgan fingerprint density at radius 3 is 2.46 bits per heavy atom. The van der Waals surface area contributed by atoms with Crippen LogP contribution in [0.4, 0.5) is 20.3 Å². The number of nitrogens with zero attached hydrogens (tertiary/aromatic N) is 2. The van der Waals surface area contributed by atoms with E-state index in [1.165, 1.54) is 12.1 Å². The standard InChI is InChI=1S/C15H9F2N5OS/c16-10-2-1-3-11(17)13(10)21-12(23)7-24-15-9(6-19)4-8(5-18)14(20)22-15/h1-4H,7H2,(H2,20,22)(H,21,23)/p+1. The van der Waals surface area contributed by atoms with Crippen LogP contribution in [0.2, 0.25) is 0 Å². The summed E-state index contributed by atoms with van der Waals surface area (Å²) in [5.74, 6) is -2.60. The van der Waals surface area contributed by atoms with Gasteiger partial charge in [-0.15, -0.1) is 0 Å². The fraction of sp³-hybridized carbons (Fsp3) is 0.0667. The van der Waals surface area contributed by atoms with E-state index in [1.807, 2.05) is 12.1 Å². The number of benzene rings is 1. The molecule has 0 bridgehead atoms. The first kappa shape index (κ1) is 17.2. The molecule has 1 heterocycles. The van der Waals surface area contributed by atoms with E-state index in [1.54, 1.807) is 0 Å². The average molecular weight is 346 g/mol. The quantitative estimate of drug-likeness (QED) is 0.819. The summed E-state index contributed by atoms with van der Waals surface area (Å²) < 4.78 is 26.9. The Bertz CT molecular complexity index is 868. The zero-order valence-corrected chi connectivity index (χ0v) is 12.9. The third kappa shape index (κ3) is 3.77. The maximum Gasteiger partial charge on any atom is 0.289 e. The normalized spacial score (nSPS) is 9.83. The molecule has 1 aromatic heterocycles. The molecule has 2 rings (SSSR count). The molecule has 120 valence electrons. The van der Waals surface area contributed by atoms with E-state index in [4.69, 9.17) is 16.3 Å². The molecule has 4 N–H and O–H groups in total. The van der Waals surface area contributed by atoms with Gasteiger partial charge in [-0.25, -0.2) is 13.8 Å². The number of H-pyrrole nitrogens is 1. The van der Waals surface area contributed by atoms with Crippen molar-refractivity contribution in [3.63, 3.8) is 0 Å². The zero-order chi connectivity index (χ0) is 17.7. The number of aromatic nitrogens is 1. The highest BCUT2D eigenvalue weighted by molar-refractivity contribution is 7.99. The van der Waals surface area contributed by atoms with Crippen molar-refractivity contribution in [2.75, 3.05) is 16.8 Å². The lowest BCUT2D eigenvalue weighted by molar-refractivity contribution is -0.410. The van der Waals surface area contributed by atoms with Crippen LogP contribution in [0.1, 0.15) is 11.1 Å². The second kappa shape index (κ2) is 7.40. The SMILES string of the molecule is N#Cc1cc(C#N)c(SCC(=O)Nc2c(F)cccc2F)[nH+]c1N. The molecule has 0 unspecified atom stereocenters. The summed E-state index contributed by atoms with van der Waals surface area (Å²) in [5.41, 5.74) is 5.33. The predicted molar refractivity (Wildman–Crippen MR) is 82.6 cm³/mol. The summed E-state index contributed by atoms with van der Waals surface area (Å²) in [6, 6.07) is 8.23. The summed E-state index contributed by atoms with van der Waals surface area (Å²) in [7, 11) is 0. The predicted octanol–water partition coefficient (Wildman–Crippen LogP) is 1.84. The molecule has 0 saturated carbocycles. The van der Waals surface area contributed by atoms with E-state index in [9.17, 15) is 13.6 Å². The third-order valence-corrected chi connectivity index (χ3v) is 3.90. The highest BCUT2D eigenvalue weighted by atomic mass is 32.2. The number of pyridine rings is 1. The number of halogens is 2. The fourth-order valence-corrected chi connectivity index (χ4v) is 2.55. The van der Waals surface area contributed by atoms with E-state index in [-0.39, 0.29) is 27.7 Å². The van der Waals surface area contributed by atoms with Crippen molar-refractivity contribution < 1.29 is 18.6 Å². The van der Waals surface area contributed by atoms with Gasteiger partial charge in [0.05, 0.1) is 5.75 Å². The summed E-state index contributed by atoms with van der Waals surface area (Å²) >= 11 is 0.920. The van der Waals surface area contributed by atoms with Gasteiger partial charge in [0, 0.05) is 0 Å². The van der Waals surface area contributed by atoms with Gasteiger partial charge in [0.2, 0.25) is 5.91 Å². The number of hydrogen-bond acceptors (Lipinski definition) is 5. The van der Waals surface area contributed by atoms with Gasteiger partial charge in [0.25, 0.3) is 5.82 Å². The number of rotatable bonds is 4. The van der Waals surface area contributed by atoms with Gasteiger partial charge in [0.15, 0.2) is 5.03 Å². The highest BCUT2D eigenvalue weighted by Gasteiger charge is 2.17. The first-order valence-electron chi connectivity index (χ1n) is 6.49. The molecule has 1 amide bonds. The summed E-state index contributed by atoms with van der Waals surface area (Å²) in [6.45, 7) is 0. The number of aromatic amines is 1. The van der Waals surface area contributed by atoms with Crippen molar-refractivity contribution in [3.8, 4) is 12.1 Å². The molecule has 6 nitrogen and oxygen atoms in total. The van der Waals surface area contributed by atoms with E-state index in [0.717, 1.165) is 23.9 Å². The molecule has 2 aromatic rings. The number of thioether (sulfide) groups is 1. The van der Waals surface area contributed by atoms with Gasteiger partial charge in [-0.3, -0.25) is 10.5 Å². The lowest BCUT2D eigenvalue weighted by Gasteiger charge is -2.07. The van der Waals surface area contributed by atoms with Gasteiger partial charge in [-0.1, -0.05) is 17.8 Å². The Morgan fingerprint density at radius 2 is 1.88 bits per heavy atom. The summed E-state index contributed by atoms with van der Waals surface area (Å²) in [6.07, 6.45) is 0. The molecule has 0 saturated heterocycles. The Hall–Kier alpha value is -3.17. The van der Waals surface area contributed by atoms with E-state index >= 15 is 0 Å². The molecule has 24 heavy (non-hydrogen) atoms. The minimum absolute atomic E-state index is 0.0551. The van der Waals surface area contributed by atoms with Crippen molar-refractivity contribution in [1.29, 1.82) is 10.5 Å². The van der Waals surface area contributed by atoms with E-state index in [2.05, 4.69) is 10.3 Å². The average Bonchev–Trinajstić information content (AvgIpc) is 2.56. The number of carbonyl (C=O) groups excluding carboxylic acids is 1. The van der Waals surface area contributed by atoms with Crippen molar-refractivity contribution in [3.05, 3.63) is 47.0 Å². The van der Waals surface area contributed by atoms with Crippen molar-refractivity contribution in [1.82, 2.24) is 0 Å². The molecular weight excluding hydrogens is 336 g/mol. The van der Waals surface area contributed by atoms with Crippen LogP contribution in [-0.4, -0.2) is 11.7 Å². The highest BCUT2D eigenvalue weighted by Crippen LogP contribution is 2.22. The van der Waals surface area contributed by atoms with Crippen LogP contribution in [0.25, 0.3) is 0 Å². The van der Waals surface area contributed by atoms with Crippen molar-refractivity contribution in [2.45, 2.75) is 5.03 Å². The number of hydrogen-bond donors (Lipinski definition) is 2. The molecule has 0 aliphatic rings. The molecule has 0 aliphatic heterocycles. The Balaban J connectivity index is 2.11. The monoisotopic (exact) mass is 346 g/mol. The van der Waals surface area contributed by atoms with Gasteiger partial charge >= 0.3 is 0 Å². The maximum absolute atomic E-state index is 13.5. The van der Waals surface area contributed by atoms with Gasteiger partial charge in [-0.05, 0) is 18.2 Å². The lowest BCUT2D eigenvalue weighted by Crippen LogP contribution is -2.20. The molecule has 1 aromatic carbocycles. The van der Waals surface area contributed by atoms with Crippen LogP contribution in [0.5, 0.6) is 0 Å². The van der Waals surface area contributed by atoms with Gasteiger partial charge in [0.1, 0.15) is 40.6 Å². The maximum atomic E-state index is 13.5. The van der Waals surface area contributed by atoms with E-state index < -0.39 is 23.2 Å². The minimum Gasteiger partial charge on any atom is -0.320 e. The number of nitrogens with one attached hydrogen (secondary N) is 2. The Labute approximate surface area is 139 Å².